The molecule has 2 aliphatic rings. The zero-order valence-electron chi connectivity index (χ0n) is 28.3. The van der Waals surface area contributed by atoms with Crippen molar-refractivity contribution in [3.63, 3.8) is 0 Å². The van der Waals surface area contributed by atoms with Crippen molar-refractivity contribution in [2.45, 2.75) is 58.7 Å². The lowest BCUT2D eigenvalue weighted by atomic mass is 9.93. The van der Waals surface area contributed by atoms with E-state index >= 15 is 0 Å². The molecular weight excluding hydrogens is 645 g/mol. The highest BCUT2D eigenvalue weighted by Crippen LogP contribution is 2.35. The molecule has 0 atom stereocenters. The van der Waals surface area contributed by atoms with E-state index in [9.17, 15) is 9.18 Å². The second-order valence-electron chi connectivity index (χ2n) is 13.9. The Hall–Kier alpha value is -4.64. The summed E-state index contributed by atoms with van der Waals surface area (Å²) in [7, 11) is 1.99. The number of benzene rings is 2. The number of ether oxygens (including phenoxy) is 2. The number of carbonyl (C=O) groups excluding carboxylic acids is 1. The highest BCUT2D eigenvalue weighted by Gasteiger charge is 2.27. The molecule has 5 aromatic rings. The number of nitrogens with zero attached hydrogens (tertiary/aromatic N) is 7. The molecule has 0 N–H and O–H groups in total. The number of anilines is 2. The van der Waals surface area contributed by atoms with Crippen molar-refractivity contribution >= 4 is 40.2 Å². The van der Waals surface area contributed by atoms with E-state index in [4.69, 9.17) is 31.0 Å². The predicted molar refractivity (Wildman–Crippen MR) is 188 cm³/mol. The van der Waals surface area contributed by atoms with Crippen molar-refractivity contribution in [3.05, 3.63) is 94.5 Å². The molecule has 12 heteroatoms. The number of carbonyl (C=O) groups is 1. The fourth-order valence-electron chi connectivity index (χ4n) is 6.61. The lowest BCUT2D eigenvalue weighted by Gasteiger charge is -2.35. The third-order valence-electron chi connectivity index (χ3n) is 9.21. The van der Waals surface area contributed by atoms with E-state index < -0.39 is 5.60 Å². The SMILES string of the molecule is Cn1ccnc1Cn1c(CC2CCN(c3ccc4c(n3)N(Cc3ccc(Cl)cc3F)CCO4)CC2)nc2ccc(C(=O)OC(C)(C)C)cc21. The number of imidazole rings is 2. The van der Waals surface area contributed by atoms with Crippen LogP contribution in [0.2, 0.25) is 5.02 Å². The fourth-order valence-corrected chi connectivity index (χ4v) is 6.76. The molecule has 5 heterocycles. The molecule has 0 unspecified atom stereocenters. The second kappa shape index (κ2) is 13.3. The number of hydrogen-bond donors (Lipinski definition) is 0. The summed E-state index contributed by atoms with van der Waals surface area (Å²) in [5.41, 5.74) is 2.22. The number of fused-ring (bicyclic) bond motifs is 2. The number of aryl methyl sites for hydroxylation is 1. The molecule has 0 bridgehead atoms. The maximum atomic E-state index is 14.6. The highest BCUT2D eigenvalue weighted by atomic mass is 35.5. The van der Waals surface area contributed by atoms with Crippen molar-refractivity contribution < 1.29 is 18.7 Å². The first-order valence-corrected chi connectivity index (χ1v) is 17.1. The van der Waals surface area contributed by atoms with E-state index in [0.717, 1.165) is 66.7 Å². The van der Waals surface area contributed by atoms with Crippen molar-refractivity contribution in [2.24, 2.45) is 13.0 Å². The van der Waals surface area contributed by atoms with Crippen LogP contribution in [0.25, 0.3) is 11.0 Å². The Bertz CT molecular complexity index is 1990. The maximum Gasteiger partial charge on any atom is 0.338 e. The van der Waals surface area contributed by atoms with Crippen molar-refractivity contribution in [1.82, 2.24) is 24.1 Å². The van der Waals surface area contributed by atoms with Crippen LogP contribution in [0.15, 0.2) is 60.9 Å². The first-order valence-electron chi connectivity index (χ1n) is 16.8. The zero-order chi connectivity index (χ0) is 34.3. The number of esters is 1. The van der Waals surface area contributed by atoms with Gasteiger partial charge in [-0.05, 0) is 82.0 Å². The molecule has 1 fully saturated rings. The van der Waals surface area contributed by atoms with Gasteiger partial charge in [-0.1, -0.05) is 17.7 Å². The maximum absolute atomic E-state index is 14.6. The molecular formula is C37H41ClFN7O3. The van der Waals surface area contributed by atoms with Crippen LogP contribution in [0, 0.1) is 11.7 Å². The van der Waals surface area contributed by atoms with E-state index in [1.54, 1.807) is 24.4 Å². The first kappa shape index (κ1) is 32.9. The van der Waals surface area contributed by atoms with Gasteiger partial charge in [0.05, 0.1) is 29.7 Å². The van der Waals surface area contributed by atoms with Crippen molar-refractivity contribution in [2.75, 3.05) is 36.0 Å². The average Bonchev–Trinajstić information content (AvgIpc) is 3.63. The average molecular weight is 686 g/mol. The Balaban J connectivity index is 1.08. The Morgan fingerprint density at radius 1 is 1.02 bits per heavy atom. The first-order chi connectivity index (χ1) is 23.5. The third kappa shape index (κ3) is 7.22. The number of aromatic nitrogens is 5. The lowest BCUT2D eigenvalue weighted by Crippen LogP contribution is -2.37. The van der Waals surface area contributed by atoms with Gasteiger partial charge in [-0.2, -0.15) is 0 Å². The van der Waals surface area contributed by atoms with Gasteiger partial charge < -0.3 is 28.4 Å². The molecule has 0 spiro atoms. The Labute approximate surface area is 290 Å². The number of piperidine rings is 1. The molecule has 256 valence electrons. The summed E-state index contributed by atoms with van der Waals surface area (Å²) in [4.78, 5) is 32.0. The van der Waals surface area contributed by atoms with Gasteiger partial charge >= 0.3 is 5.97 Å². The predicted octanol–water partition coefficient (Wildman–Crippen LogP) is 6.82. The Morgan fingerprint density at radius 2 is 1.84 bits per heavy atom. The van der Waals surface area contributed by atoms with Gasteiger partial charge in [0.15, 0.2) is 11.6 Å². The van der Waals surface area contributed by atoms with Crippen molar-refractivity contribution in [3.8, 4) is 5.75 Å². The molecule has 2 aliphatic heterocycles. The van der Waals surface area contributed by atoms with Crippen LogP contribution in [0.4, 0.5) is 16.0 Å². The van der Waals surface area contributed by atoms with E-state index in [1.807, 2.05) is 62.8 Å². The van der Waals surface area contributed by atoms with Crippen LogP contribution >= 0.6 is 11.6 Å². The van der Waals surface area contributed by atoms with Crippen LogP contribution in [-0.4, -0.2) is 61.9 Å². The third-order valence-corrected chi connectivity index (χ3v) is 9.45. The van der Waals surface area contributed by atoms with Gasteiger partial charge in [0.25, 0.3) is 0 Å². The molecule has 0 aliphatic carbocycles. The fraction of sp³-hybridized carbons (Fsp3) is 0.405. The minimum Gasteiger partial charge on any atom is -0.488 e. The summed E-state index contributed by atoms with van der Waals surface area (Å²) in [5.74, 6) is 3.96. The van der Waals surface area contributed by atoms with Crippen LogP contribution in [-0.2, 0) is 31.3 Å². The monoisotopic (exact) mass is 685 g/mol. The largest absolute Gasteiger partial charge is 0.488 e. The van der Waals surface area contributed by atoms with E-state index in [2.05, 4.69) is 19.4 Å². The van der Waals surface area contributed by atoms with E-state index in [0.29, 0.717) is 54.1 Å². The summed E-state index contributed by atoms with van der Waals surface area (Å²) >= 11 is 5.98. The summed E-state index contributed by atoms with van der Waals surface area (Å²) in [6.45, 7) is 9.38. The Kier molecular flexibility index (Phi) is 8.96. The molecule has 7 rings (SSSR count). The standard InChI is InChI=1S/C37H41ClFN7O3/c1-37(2,3)49-36(47)25-6-8-29-30(20-25)46(23-34-40-13-16-43(34)4)33(41-29)19-24-11-14-44(15-12-24)32-10-9-31-35(42-32)45(17-18-48-31)22-26-5-7-27(38)21-28(26)39/h5-10,13,16,20-21,24H,11-12,14-15,17-19,22-23H2,1-4H3. The number of rotatable bonds is 8. The van der Waals surface area contributed by atoms with E-state index in [-0.39, 0.29) is 11.8 Å². The molecule has 10 nitrogen and oxygen atoms in total. The lowest BCUT2D eigenvalue weighted by molar-refractivity contribution is 0.00696. The topological polar surface area (TPSA) is 90.5 Å². The quantitative estimate of drug-likeness (QED) is 0.165. The molecule has 0 amide bonds. The summed E-state index contributed by atoms with van der Waals surface area (Å²) < 4.78 is 30.4. The van der Waals surface area contributed by atoms with Crippen LogP contribution < -0.4 is 14.5 Å². The summed E-state index contributed by atoms with van der Waals surface area (Å²) in [6, 6.07) is 14.4. The Morgan fingerprint density at radius 3 is 2.57 bits per heavy atom. The van der Waals surface area contributed by atoms with Crippen LogP contribution in [0.3, 0.4) is 0 Å². The zero-order valence-corrected chi connectivity index (χ0v) is 29.1. The van der Waals surface area contributed by atoms with Gasteiger partial charge in [0.1, 0.15) is 35.5 Å². The highest BCUT2D eigenvalue weighted by molar-refractivity contribution is 6.30. The minimum atomic E-state index is -0.585. The minimum absolute atomic E-state index is 0.323. The summed E-state index contributed by atoms with van der Waals surface area (Å²) in [5, 5.41) is 0.380. The van der Waals surface area contributed by atoms with Gasteiger partial charge in [-0.3, -0.25) is 0 Å². The van der Waals surface area contributed by atoms with Gasteiger partial charge in [0, 0.05) is 56.1 Å². The molecule has 2 aromatic carbocycles. The second-order valence-corrected chi connectivity index (χ2v) is 14.3. The summed E-state index contributed by atoms with van der Waals surface area (Å²) in [6.07, 6.45) is 6.49. The molecule has 1 saturated heterocycles. The van der Waals surface area contributed by atoms with Crippen LogP contribution in [0.1, 0.15) is 61.2 Å². The van der Waals surface area contributed by atoms with Gasteiger partial charge in [-0.25, -0.2) is 24.1 Å². The van der Waals surface area contributed by atoms with Gasteiger partial charge in [-0.15, -0.1) is 0 Å². The number of halogens is 2. The van der Waals surface area contributed by atoms with Crippen LogP contribution in [0.5, 0.6) is 5.75 Å². The smallest absolute Gasteiger partial charge is 0.338 e. The number of pyridine rings is 1. The normalized spacial score (nSPS) is 15.4. The molecule has 0 saturated carbocycles. The van der Waals surface area contributed by atoms with Crippen molar-refractivity contribution in [1.29, 1.82) is 0 Å². The molecule has 49 heavy (non-hydrogen) atoms. The number of hydrogen-bond acceptors (Lipinski definition) is 8. The molecule has 0 radical (unpaired) electrons. The van der Waals surface area contributed by atoms with E-state index in [1.165, 1.54) is 6.07 Å². The van der Waals surface area contributed by atoms with Gasteiger partial charge in [0.2, 0.25) is 0 Å². The molecule has 3 aromatic heterocycles.